The van der Waals surface area contributed by atoms with E-state index in [0.717, 1.165) is 16.7 Å². The summed E-state index contributed by atoms with van der Waals surface area (Å²) in [5, 5.41) is 0. The van der Waals surface area contributed by atoms with Gasteiger partial charge in [-0.05, 0) is 35.2 Å². The van der Waals surface area contributed by atoms with E-state index in [9.17, 15) is 14.0 Å². The van der Waals surface area contributed by atoms with Crippen molar-refractivity contribution < 1.29 is 18.7 Å². The Morgan fingerprint density at radius 1 is 1.23 bits per heavy atom. The van der Waals surface area contributed by atoms with Crippen LogP contribution in [0, 0.1) is 11.7 Å². The van der Waals surface area contributed by atoms with Gasteiger partial charge < -0.3 is 14.5 Å². The zero-order valence-electron chi connectivity index (χ0n) is 17.2. The highest BCUT2D eigenvalue weighted by Crippen LogP contribution is 2.27. The molecule has 0 radical (unpaired) electrons. The lowest BCUT2D eigenvalue weighted by molar-refractivity contribution is -0.136. The summed E-state index contributed by atoms with van der Waals surface area (Å²) in [6, 6.07) is 14.1. The van der Waals surface area contributed by atoms with Gasteiger partial charge >= 0.3 is 0 Å². The Balaban J connectivity index is 1.91. The number of methoxy groups -OCH3 is 1. The molecular weight excluding hydrogens is 383 g/mol. The number of carbonyl (C=O) groups excluding carboxylic acids is 2. The molecule has 0 unspecified atom stereocenters. The van der Waals surface area contributed by atoms with Crippen LogP contribution in [-0.4, -0.2) is 61.5 Å². The average molecular weight is 410 g/mol. The minimum absolute atomic E-state index is 0.00309. The molecule has 0 bridgehead atoms. The van der Waals surface area contributed by atoms with Crippen LogP contribution in [0.2, 0.25) is 0 Å². The standard InChI is InChI=1S/C24H27FN2O3/c1-3-11-26-12-13-27(23(28)17-30-2)16-20(24(26)29)14-18-7-4-5-10-22(18)19-8-6-9-21(25)15-19/h3-10,15,20H,1,11-14,16-17H2,2H3/t20-/m1/s1. The molecule has 2 aromatic carbocycles. The third-order valence-electron chi connectivity index (χ3n) is 5.33. The molecule has 0 aromatic heterocycles. The van der Waals surface area contributed by atoms with Gasteiger partial charge in [-0.3, -0.25) is 9.59 Å². The molecule has 5 nitrogen and oxygen atoms in total. The number of rotatable bonds is 7. The van der Waals surface area contributed by atoms with E-state index in [1.165, 1.54) is 19.2 Å². The van der Waals surface area contributed by atoms with Gasteiger partial charge in [0, 0.05) is 33.3 Å². The predicted molar refractivity (Wildman–Crippen MR) is 114 cm³/mol. The van der Waals surface area contributed by atoms with Gasteiger partial charge in [-0.25, -0.2) is 4.39 Å². The fourth-order valence-corrected chi connectivity index (χ4v) is 3.88. The van der Waals surface area contributed by atoms with Gasteiger partial charge in [-0.15, -0.1) is 6.58 Å². The van der Waals surface area contributed by atoms with Crippen molar-refractivity contribution in [2.75, 3.05) is 39.9 Å². The van der Waals surface area contributed by atoms with E-state index in [2.05, 4.69) is 6.58 Å². The highest BCUT2D eigenvalue weighted by molar-refractivity contribution is 5.83. The molecule has 0 aliphatic carbocycles. The van der Waals surface area contributed by atoms with Gasteiger partial charge in [0.25, 0.3) is 0 Å². The number of ether oxygens (including phenoxy) is 1. The lowest BCUT2D eigenvalue weighted by Gasteiger charge is -2.24. The number of carbonyl (C=O) groups is 2. The molecule has 6 heteroatoms. The molecule has 0 N–H and O–H groups in total. The van der Waals surface area contributed by atoms with Crippen LogP contribution < -0.4 is 0 Å². The van der Waals surface area contributed by atoms with Gasteiger partial charge in [-0.2, -0.15) is 0 Å². The number of hydrogen-bond donors (Lipinski definition) is 0. The fraction of sp³-hybridized carbons (Fsp3) is 0.333. The maximum absolute atomic E-state index is 13.8. The Labute approximate surface area is 176 Å². The van der Waals surface area contributed by atoms with Crippen LogP contribution in [-0.2, 0) is 20.7 Å². The van der Waals surface area contributed by atoms with Crippen molar-refractivity contribution in [2.24, 2.45) is 5.92 Å². The Morgan fingerprint density at radius 3 is 2.77 bits per heavy atom. The SMILES string of the molecule is C=CCN1CCN(C(=O)COC)C[C@@H](Cc2ccccc2-c2cccc(F)c2)C1=O. The average Bonchev–Trinajstić information content (AvgIpc) is 2.89. The fourth-order valence-electron chi connectivity index (χ4n) is 3.88. The Morgan fingerprint density at radius 2 is 2.03 bits per heavy atom. The molecule has 0 saturated carbocycles. The van der Waals surface area contributed by atoms with Crippen LogP contribution in [0.4, 0.5) is 4.39 Å². The maximum atomic E-state index is 13.8. The van der Waals surface area contributed by atoms with Crippen LogP contribution in [0.25, 0.3) is 11.1 Å². The van der Waals surface area contributed by atoms with Gasteiger partial charge in [-0.1, -0.05) is 42.5 Å². The summed E-state index contributed by atoms with van der Waals surface area (Å²) >= 11 is 0. The number of hydrogen-bond acceptors (Lipinski definition) is 3. The summed E-state index contributed by atoms with van der Waals surface area (Å²) in [5.74, 6) is -0.838. The Hall–Kier alpha value is -2.99. The third-order valence-corrected chi connectivity index (χ3v) is 5.33. The number of halogens is 1. The second-order valence-electron chi connectivity index (χ2n) is 7.41. The second kappa shape index (κ2) is 10.2. The summed E-state index contributed by atoms with van der Waals surface area (Å²) in [7, 11) is 1.48. The monoisotopic (exact) mass is 410 g/mol. The lowest BCUT2D eigenvalue weighted by atomic mass is 9.91. The molecule has 1 aliphatic rings. The van der Waals surface area contributed by atoms with Crippen molar-refractivity contribution in [3.05, 3.63) is 72.6 Å². The van der Waals surface area contributed by atoms with E-state index < -0.39 is 5.92 Å². The highest BCUT2D eigenvalue weighted by atomic mass is 19.1. The van der Waals surface area contributed by atoms with Crippen molar-refractivity contribution in [2.45, 2.75) is 6.42 Å². The van der Waals surface area contributed by atoms with Crippen LogP contribution in [0.3, 0.4) is 0 Å². The quantitative estimate of drug-likeness (QED) is 0.659. The Bertz CT molecular complexity index is 915. The number of benzene rings is 2. The van der Waals surface area contributed by atoms with E-state index >= 15 is 0 Å². The summed E-state index contributed by atoms with van der Waals surface area (Å²) in [6.07, 6.45) is 2.15. The van der Waals surface area contributed by atoms with Crippen molar-refractivity contribution >= 4 is 11.8 Å². The second-order valence-corrected chi connectivity index (χ2v) is 7.41. The first-order valence-electron chi connectivity index (χ1n) is 10.0. The summed E-state index contributed by atoms with van der Waals surface area (Å²) < 4.78 is 18.8. The Kier molecular flexibility index (Phi) is 7.36. The van der Waals surface area contributed by atoms with Gasteiger partial charge in [0.05, 0.1) is 5.92 Å². The number of amides is 2. The maximum Gasteiger partial charge on any atom is 0.248 e. The molecule has 2 aromatic rings. The molecule has 3 rings (SSSR count). The largest absolute Gasteiger partial charge is 0.375 e. The summed E-state index contributed by atoms with van der Waals surface area (Å²) in [4.78, 5) is 29.1. The summed E-state index contributed by atoms with van der Waals surface area (Å²) in [6.45, 7) is 5.42. The van der Waals surface area contributed by atoms with E-state index in [-0.39, 0.29) is 24.2 Å². The van der Waals surface area contributed by atoms with E-state index in [0.29, 0.717) is 32.6 Å². The zero-order chi connectivity index (χ0) is 21.5. The van der Waals surface area contributed by atoms with Crippen molar-refractivity contribution in [1.29, 1.82) is 0 Å². The van der Waals surface area contributed by atoms with Gasteiger partial charge in [0.15, 0.2) is 0 Å². The van der Waals surface area contributed by atoms with Gasteiger partial charge in [0.2, 0.25) is 11.8 Å². The molecule has 30 heavy (non-hydrogen) atoms. The minimum Gasteiger partial charge on any atom is -0.375 e. The molecule has 0 spiro atoms. The molecule has 2 amide bonds. The topological polar surface area (TPSA) is 49.9 Å². The summed E-state index contributed by atoms with van der Waals surface area (Å²) in [5.41, 5.74) is 2.60. The van der Waals surface area contributed by atoms with Gasteiger partial charge in [0.1, 0.15) is 12.4 Å². The zero-order valence-corrected chi connectivity index (χ0v) is 17.2. The third kappa shape index (κ3) is 5.13. The van der Waals surface area contributed by atoms with E-state index in [4.69, 9.17) is 4.74 Å². The lowest BCUT2D eigenvalue weighted by Crippen LogP contribution is -2.39. The molecule has 1 heterocycles. The number of nitrogens with zero attached hydrogens (tertiary/aromatic N) is 2. The molecular formula is C24H27FN2O3. The molecule has 1 aliphatic heterocycles. The molecule has 1 atom stereocenters. The minimum atomic E-state index is -0.400. The van der Waals surface area contributed by atoms with Crippen LogP contribution in [0.1, 0.15) is 5.56 Å². The van der Waals surface area contributed by atoms with E-state index in [1.807, 2.05) is 30.3 Å². The van der Waals surface area contributed by atoms with Crippen LogP contribution >= 0.6 is 0 Å². The first kappa shape index (κ1) is 21.7. The van der Waals surface area contributed by atoms with Crippen LogP contribution in [0.5, 0.6) is 0 Å². The van der Waals surface area contributed by atoms with Crippen molar-refractivity contribution in [3.63, 3.8) is 0 Å². The molecule has 1 fully saturated rings. The first-order valence-corrected chi connectivity index (χ1v) is 10.0. The van der Waals surface area contributed by atoms with Crippen molar-refractivity contribution in [3.8, 4) is 11.1 Å². The van der Waals surface area contributed by atoms with Crippen LogP contribution in [0.15, 0.2) is 61.2 Å². The van der Waals surface area contributed by atoms with E-state index in [1.54, 1.807) is 21.9 Å². The smallest absolute Gasteiger partial charge is 0.248 e. The predicted octanol–water partition coefficient (Wildman–Crippen LogP) is 3.15. The molecule has 158 valence electrons. The molecule has 1 saturated heterocycles. The van der Waals surface area contributed by atoms with Crippen molar-refractivity contribution in [1.82, 2.24) is 9.80 Å². The normalized spacial score (nSPS) is 17.0. The first-order chi connectivity index (χ1) is 14.5. The highest BCUT2D eigenvalue weighted by Gasteiger charge is 2.32.